The molecule has 0 aromatic rings. The van der Waals surface area contributed by atoms with Gasteiger partial charge in [-0.2, -0.15) is 0 Å². The smallest absolute Gasteiger partial charge is 0.240 e. The molecule has 0 saturated carbocycles. The largest absolute Gasteiger partial charge is 0.301 e. The Hall–Kier alpha value is -0.220. The zero-order valence-corrected chi connectivity index (χ0v) is 9.21. The monoisotopic (exact) mass is 206 g/mol. The van der Waals surface area contributed by atoms with Gasteiger partial charge in [0.05, 0.1) is 0 Å². The van der Waals surface area contributed by atoms with E-state index in [1.807, 2.05) is 11.9 Å². The van der Waals surface area contributed by atoms with Crippen molar-refractivity contribution in [2.75, 3.05) is 26.7 Å². The van der Waals surface area contributed by atoms with Crippen molar-refractivity contribution in [1.82, 2.24) is 9.80 Å². The van der Waals surface area contributed by atoms with Gasteiger partial charge in [-0.1, -0.05) is 0 Å². The average Bonchev–Trinajstić information content (AvgIpc) is 2.07. The first kappa shape index (κ1) is 11.9. The molecule has 0 N–H and O–H groups in total. The van der Waals surface area contributed by atoms with Crippen molar-refractivity contribution in [3.05, 3.63) is 0 Å². The Bertz CT molecular complexity index is 174. The van der Waals surface area contributed by atoms with Crippen molar-refractivity contribution in [2.45, 2.75) is 38.8 Å². The Labute approximate surface area is 84.9 Å². The second kappa shape index (κ2) is 5.03. The number of rotatable bonds is 3. The fraction of sp³-hybridized carbons (Fsp3) is 1.00. The lowest BCUT2D eigenvalue weighted by Crippen LogP contribution is -2.53. The van der Waals surface area contributed by atoms with E-state index >= 15 is 0 Å². The van der Waals surface area contributed by atoms with Gasteiger partial charge < -0.3 is 4.90 Å². The maximum atomic E-state index is 12.3. The number of alkyl halides is 2. The fourth-order valence-electron chi connectivity index (χ4n) is 1.90. The average molecular weight is 206 g/mol. The topological polar surface area (TPSA) is 6.48 Å². The van der Waals surface area contributed by atoms with Gasteiger partial charge in [-0.15, -0.1) is 0 Å². The first-order valence-corrected chi connectivity index (χ1v) is 5.23. The number of hydrogen-bond acceptors (Lipinski definition) is 2. The van der Waals surface area contributed by atoms with E-state index < -0.39 is 6.43 Å². The lowest BCUT2D eigenvalue weighted by Gasteiger charge is -2.41. The Balaban J connectivity index is 2.46. The Morgan fingerprint density at radius 2 is 1.93 bits per heavy atom. The maximum Gasteiger partial charge on any atom is 0.240 e. The summed E-state index contributed by atoms with van der Waals surface area (Å²) in [5.41, 5.74) is 0. The zero-order valence-electron chi connectivity index (χ0n) is 9.21. The number of hydrogen-bond donors (Lipinski definition) is 0. The molecule has 14 heavy (non-hydrogen) atoms. The molecular weight excluding hydrogens is 186 g/mol. The van der Waals surface area contributed by atoms with E-state index in [0.29, 0.717) is 6.04 Å². The quantitative estimate of drug-likeness (QED) is 0.693. The van der Waals surface area contributed by atoms with Crippen LogP contribution < -0.4 is 0 Å². The molecule has 1 aliphatic heterocycles. The van der Waals surface area contributed by atoms with E-state index in [4.69, 9.17) is 0 Å². The number of halogens is 2. The van der Waals surface area contributed by atoms with Gasteiger partial charge in [-0.25, -0.2) is 8.78 Å². The van der Waals surface area contributed by atoms with E-state index in [2.05, 4.69) is 18.7 Å². The molecule has 84 valence electrons. The van der Waals surface area contributed by atoms with Gasteiger partial charge in [0.2, 0.25) is 6.43 Å². The fourth-order valence-corrected chi connectivity index (χ4v) is 1.90. The highest BCUT2D eigenvalue weighted by molar-refractivity contribution is 4.82. The first-order valence-electron chi connectivity index (χ1n) is 5.23. The third kappa shape index (κ3) is 3.17. The highest BCUT2D eigenvalue weighted by atomic mass is 19.3. The predicted molar refractivity (Wildman–Crippen MR) is 53.7 cm³/mol. The van der Waals surface area contributed by atoms with Gasteiger partial charge in [0.1, 0.15) is 0 Å². The van der Waals surface area contributed by atoms with Crippen LogP contribution in [0, 0.1) is 0 Å². The van der Waals surface area contributed by atoms with Gasteiger partial charge in [-0.05, 0) is 20.9 Å². The molecule has 1 fully saturated rings. The van der Waals surface area contributed by atoms with Crippen LogP contribution in [0.2, 0.25) is 0 Å². The van der Waals surface area contributed by atoms with E-state index in [0.717, 1.165) is 19.6 Å². The van der Waals surface area contributed by atoms with Crippen LogP contribution in [-0.2, 0) is 0 Å². The van der Waals surface area contributed by atoms with Crippen molar-refractivity contribution in [2.24, 2.45) is 0 Å². The van der Waals surface area contributed by atoms with E-state index in [1.165, 1.54) is 0 Å². The molecule has 2 nitrogen and oxygen atoms in total. The van der Waals surface area contributed by atoms with E-state index in [1.54, 1.807) is 0 Å². The summed E-state index contributed by atoms with van der Waals surface area (Å²) < 4.78 is 24.6. The highest BCUT2D eigenvalue weighted by Crippen LogP contribution is 2.16. The van der Waals surface area contributed by atoms with Crippen LogP contribution in [0.3, 0.4) is 0 Å². The van der Waals surface area contributed by atoms with E-state index in [-0.39, 0.29) is 12.5 Å². The van der Waals surface area contributed by atoms with E-state index in [9.17, 15) is 8.78 Å². The Kier molecular flexibility index (Phi) is 4.26. The van der Waals surface area contributed by atoms with Crippen LogP contribution in [0.5, 0.6) is 0 Å². The van der Waals surface area contributed by atoms with Crippen molar-refractivity contribution in [3.63, 3.8) is 0 Å². The molecular formula is C10H20F2N2. The molecule has 1 saturated heterocycles. The summed E-state index contributed by atoms with van der Waals surface area (Å²) in [6.07, 6.45) is -2.19. The minimum atomic E-state index is -2.19. The first-order chi connectivity index (χ1) is 6.50. The molecule has 0 spiro atoms. The van der Waals surface area contributed by atoms with Crippen LogP contribution in [-0.4, -0.2) is 55.0 Å². The molecule has 0 bridgehead atoms. The van der Waals surface area contributed by atoms with Gasteiger partial charge in [0.15, 0.2) is 0 Å². The SMILES string of the molecule is CC(C)N1CCN(C)C(CC(F)F)C1. The van der Waals surface area contributed by atoms with Gasteiger partial charge >= 0.3 is 0 Å². The Morgan fingerprint density at radius 3 is 2.43 bits per heavy atom. The van der Waals surface area contributed by atoms with Crippen LogP contribution in [0.25, 0.3) is 0 Å². The molecule has 1 rings (SSSR count). The van der Waals surface area contributed by atoms with Crippen molar-refractivity contribution in [1.29, 1.82) is 0 Å². The normalized spacial score (nSPS) is 26.4. The molecule has 1 unspecified atom stereocenters. The number of piperazine rings is 1. The maximum absolute atomic E-state index is 12.3. The summed E-state index contributed by atoms with van der Waals surface area (Å²) in [6.45, 7) is 6.90. The van der Waals surface area contributed by atoms with Crippen LogP contribution >= 0.6 is 0 Å². The number of likely N-dealkylation sites (N-methyl/N-ethyl adjacent to an activating group) is 1. The molecule has 0 radical (unpaired) electrons. The second-order valence-corrected chi connectivity index (χ2v) is 4.35. The lowest BCUT2D eigenvalue weighted by molar-refractivity contribution is 0.0305. The zero-order chi connectivity index (χ0) is 10.7. The summed E-state index contributed by atoms with van der Waals surface area (Å²) >= 11 is 0. The number of nitrogens with zero attached hydrogens (tertiary/aromatic N) is 2. The summed E-state index contributed by atoms with van der Waals surface area (Å²) in [5.74, 6) is 0. The molecule has 0 aromatic carbocycles. The minimum Gasteiger partial charge on any atom is -0.301 e. The van der Waals surface area contributed by atoms with Crippen molar-refractivity contribution in [3.8, 4) is 0 Å². The standard InChI is InChI=1S/C10H20F2N2/c1-8(2)14-5-4-13(3)9(7-14)6-10(11)12/h8-10H,4-7H2,1-3H3. The summed E-state index contributed by atoms with van der Waals surface area (Å²) in [6, 6.07) is 0.482. The van der Waals surface area contributed by atoms with Gasteiger partial charge in [0, 0.05) is 38.1 Å². The van der Waals surface area contributed by atoms with Gasteiger partial charge in [0.25, 0.3) is 0 Å². The third-order valence-electron chi connectivity index (χ3n) is 2.99. The molecule has 0 aliphatic carbocycles. The molecule has 4 heteroatoms. The minimum absolute atomic E-state index is 0.000278. The van der Waals surface area contributed by atoms with Crippen LogP contribution in [0.4, 0.5) is 8.78 Å². The van der Waals surface area contributed by atoms with Crippen molar-refractivity contribution < 1.29 is 8.78 Å². The molecule has 0 aromatic heterocycles. The summed E-state index contributed by atoms with van der Waals surface area (Å²) in [7, 11) is 1.94. The van der Waals surface area contributed by atoms with Crippen LogP contribution in [0.15, 0.2) is 0 Å². The molecule has 1 atom stereocenters. The lowest BCUT2D eigenvalue weighted by atomic mass is 10.1. The van der Waals surface area contributed by atoms with Gasteiger partial charge in [-0.3, -0.25) is 4.90 Å². The molecule has 1 aliphatic rings. The third-order valence-corrected chi connectivity index (χ3v) is 2.99. The molecule has 0 amide bonds. The van der Waals surface area contributed by atoms with Crippen LogP contribution in [0.1, 0.15) is 20.3 Å². The van der Waals surface area contributed by atoms with Crippen molar-refractivity contribution >= 4 is 0 Å². The highest BCUT2D eigenvalue weighted by Gasteiger charge is 2.27. The Morgan fingerprint density at radius 1 is 1.29 bits per heavy atom. The predicted octanol–water partition coefficient (Wildman–Crippen LogP) is 1.67. The second-order valence-electron chi connectivity index (χ2n) is 4.35. The summed E-state index contributed by atoms with van der Waals surface area (Å²) in [5, 5.41) is 0. The summed E-state index contributed by atoms with van der Waals surface area (Å²) in [4.78, 5) is 4.32. The molecule has 1 heterocycles.